The third kappa shape index (κ3) is 4.28. The summed E-state index contributed by atoms with van der Waals surface area (Å²) in [4.78, 5) is 0. The first kappa shape index (κ1) is 16.0. The van der Waals surface area contributed by atoms with Gasteiger partial charge in [0.05, 0.1) is 6.61 Å². The number of halogens is 1. The van der Waals surface area contributed by atoms with Crippen molar-refractivity contribution >= 4 is 23.4 Å². The Bertz CT molecular complexity index is 609. The maximum absolute atomic E-state index is 6.02. The zero-order valence-electron chi connectivity index (χ0n) is 12.3. The van der Waals surface area contributed by atoms with Crippen LogP contribution in [-0.2, 0) is 5.41 Å². The standard InChI is InChI=1S/C14H19ClN4OS/c1-14(2,3)12-17-18-13(19(12)16)21-8-7-20-11-6-4-5-10(15)9-11/h4-6,9H,7-8,16H2,1-3H3. The second-order valence-electron chi connectivity index (χ2n) is 5.58. The van der Waals surface area contributed by atoms with Crippen LogP contribution in [0.3, 0.4) is 0 Å². The predicted molar refractivity (Wildman–Crippen MR) is 86.5 cm³/mol. The van der Waals surface area contributed by atoms with Gasteiger partial charge in [-0.3, -0.25) is 0 Å². The molecule has 1 aromatic heterocycles. The molecule has 21 heavy (non-hydrogen) atoms. The van der Waals surface area contributed by atoms with E-state index in [2.05, 4.69) is 31.0 Å². The van der Waals surface area contributed by atoms with Gasteiger partial charge in [0.25, 0.3) is 0 Å². The monoisotopic (exact) mass is 326 g/mol. The van der Waals surface area contributed by atoms with Crippen molar-refractivity contribution in [2.24, 2.45) is 0 Å². The first-order valence-electron chi connectivity index (χ1n) is 6.60. The third-order valence-corrected chi connectivity index (χ3v) is 3.86. The Hall–Kier alpha value is -1.40. The van der Waals surface area contributed by atoms with E-state index in [0.29, 0.717) is 16.8 Å². The van der Waals surface area contributed by atoms with Crippen molar-refractivity contribution in [3.63, 3.8) is 0 Å². The van der Waals surface area contributed by atoms with Crippen molar-refractivity contribution in [3.05, 3.63) is 35.1 Å². The summed E-state index contributed by atoms with van der Waals surface area (Å²) in [6, 6.07) is 7.33. The van der Waals surface area contributed by atoms with Crippen LogP contribution in [0.5, 0.6) is 5.75 Å². The van der Waals surface area contributed by atoms with E-state index < -0.39 is 0 Å². The van der Waals surface area contributed by atoms with E-state index in [4.69, 9.17) is 22.2 Å². The summed E-state index contributed by atoms with van der Waals surface area (Å²) >= 11 is 7.41. The fraction of sp³-hybridized carbons (Fsp3) is 0.429. The molecule has 0 fully saturated rings. The lowest BCUT2D eigenvalue weighted by Crippen LogP contribution is -2.24. The minimum atomic E-state index is -0.127. The van der Waals surface area contributed by atoms with Crippen LogP contribution in [0.25, 0.3) is 0 Å². The highest BCUT2D eigenvalue weighted by atomic mass is 35.5. The Balaban J connectivity index is 1.86. The summed E-state index contributed by atoms with van der Waals surface area (Å²) in [7, 11) is 0. The Morgan fingerprint density at radius 3 is 2.71 bits per heavy atom. The maximum atomic E-state index is 6.02. The molecule has 7 heteroatoms. The Kier molecular flexibility index (Phi) is 5.00. The molecule has 0 amide bonds. The number of benzene rings is 1. The fourth-order valence-corrected chi connectivity index (χ4v) is 2.59. The second kappa shape index (κ2) is 6.58. The van der Waals surface area contributed by atoms with Crippen molar-refractivity contribution in [2.75, 3.05) is 18.2 Å². The Labute approximate surface area is 133 Å². The van der Waals surface area contributed by atoms with Crippen LogP contribution in [0.2, 0.25) is 5.02 Å². The number of thioether (sulfide) groups is 1. The Morgan fingerprint density at radius 2 is 2.10 bits per heavy atom. The molecule has 0 saturated carbocycles. The summed E-state index contributed by atoms with van der Waals surface area (Å²) in [6.07, 6.45) is 0. The van der Waals surface area contributed by atoms with Gasteiger partial charge in [0.2, 0.25) is 5.16 Å². The van der Waals surface area contributed by atoms with Gasteiger partial charge in [-0.1, -0.05) is 50.2 Å². The molecule has 2 N–H and O–H groups in total. The molecular formula is C14H19ClN4OS. The van der Waals surface area contributed by atoms with Gasteiger partial charge in [-0.2, -0.15) is 0 Å². The highest BCUT2D eigenvalue weighted by Crippen LogP contribution is 2.23. The molecule has 0 aliphatic rings. The smallest absolute Gasteiger partial charge is 0.209 e. The van der Waals surface area contributed by atoms with Crippen LogP contribution in [0.15, 0.2) is 29.4 Å². The first-order valence-corrected chi connectivity index (χ1v) is 7.96. The van der Waals surface area contributed by atoms with Crippen molar-refractivity contribution in [2.45, 2.75) is 31.3 Å². The largest absolute Gasteiger partial charge is 0.493 e. The van der Waals surface area contributed by atoms with E-state index in [1.807, 2.05) is 18.2 Å². The molecular weight excluding hydrogens is 308 g/mol. The highest BCUT2D eigenvalue weighted by Gasteiger charge is 2.22. The molecule has 0 unspecified atom stereocenters. The van der Waals surface area contributed by atoms with Gasteiger partial charge >= 0.3 is 0 Å². The molecule has 114 valence electrons. The third-order valence-electron chi connectivity index (χ3n) is 2.71. The predicted octanol–water partition coefficient (Wildman–Crippen LogP) is 3.11. The molecule has 5 nitrogen and oxygen atoms in total. The Morgan fingerprint density at radius 1 is 1.33 bits per heavy atom. The number of ether oxygens (including phenoxy) is 1. The van der Waals surface area contributed by atoms with E-state index in [1.165, 1.54) is 11.8 Å². The minimum Gasteiger partial charge on any atom is -0.493 e. The molecule has 1 aromatic carbocycles. The summed E-state index contributed by atoms with van der Waals surface area (Å²) in [5.74, 6) is 8.27. The zero-order valence-corrected chi connectivity index (χ0v) is 13.9. The van der Waals surface area contributed by atoms with Crippen LogP contribution in [-0.4, -0.2) is 27.2 Å². The van der Waals surface area contributed by atoms with Crippen molar-refractivity contribution < 1.29 is 4.74 Å². The summed E-state index contributed by atoms with van der Waals surface area (Å²) < 4.78 is 7.16. The van der Waals surface area contributed by atoms with E-state index in [0.717, 1.165) is 17.3 Å². The molecule has 0 aliphatic heterocycles. The van der Waals surface area contributed by atoms with Crippen LogP contribution < -0.4 is 10.6 Å². The molecule has 1 heterocycles. The summed E-state index contributed by atoms with van der Waals surface area (Å²) in [6.45, 7) is 6.70. The van der Waals surface area contributed by atoms with Gasteiger partial charge < -0.3 is 10.6 Å². The first-order chi connectivity index (χ1) is 9.88. The van der Waals surface area contributed by atoms with Crippen molar-refractivity contribution in [1.29, 1.82) is 0 Å². The lowest BCUT2D eigenvalue weighted by Gasteiger charge is -2.16. The second-order valence-corrected chi connectivity index (χ2v) is 7.08. The van der Waals surface area contributed by atoms with Crippen LogP contribution in [0.4, 0.5) is 0 Å². The van der Waals surface area contributed by atoms with Crippen LogP contribution in [0, 0.1) is 0 Å². The quantitative estimate of drug-likeness (QED) is 0.519. The number of aromatic nitrogens is 3. The molecule has 0 aliphatic carbocycles. The maximum Gasteiger partial charge on any atom is 0.209 e. The number of hydrogen-bond acceptors (Lipinski definition) is 5. The van der Waals surface area contributed by atoms with Gasteiger partial charge in [0.15, 0.2) is 5.82 Å². The number of rotatable bonds is 5. The molecule has 0 radical (unpaired) electrons. The summed E-state index contributed by atoms with van der Waals surface area (Å²) in [5.41, 5.74) is -0.127. The van der Waals surface area contributed by atoms with Crippen molar-refractivity contribution in [1.82, 2.24) is 14.9 Å². The highest BCUT2D eigenvalue weighted by molar-refractivity contribution is 7.99. The number of nitrogens with two attached hydrogens (primary N) is 1. The summed E-state index contributed by atoms with van der Waals surface area (Å²) in [5, 5.41) is 9.61. The van der Waals surface area contributed by atoms with Gasteiger partial charge in [0, 0.05) is 16.2 Å². The van der Waals surface area contributed by atoms with Crippen LogP contribution in [0.1, 0.15) is 26.6 Å². The topological polar surface area (TPSA) is 66.0 Å². The normalized spacial score (nSPS) is 11.6. The van der Waals surface area contributed by atoms with E-state index in [9.17, 15) is 0 Å². The lowest BCUT2D eigenvalue weighted by molar-refractivity contribution is 0.344. The molecule has 2 aromatic rings. The zero-order chi connectivity index (χ0) is 15.5. The molecule has 2 rings (SSSR count). The van der Waals surface area contributed by atoms with Gasteiger partial charge in [-0.15, -0.1) is 10.2 Å². The van der Waals surface area contributed by atoms with Crippen LogP contribution >= 0.6 is 23.4 Å². The van der Waals surface area contributed by atoms with Gasteiger partial charge in [-0.05, 0) is 18.2 Å². The number of nitrogen functional groups attached to an aromatic ring is 1. The van der Waals surface area contributed by atoms with E-state index >= 15 is 0 Å². The lowest BCUT2D eigenvalue weighted by atomic mass is 9.96. The minimum absolute atomic E-state index is 0.127. The van der Waals surface area contributed by atoms with E-state index in [1.54, 1.807) is 10.7 Å². The molecule has 0 bridgehead atoms. The average Bonchev–Trinajstić information content (AvgIpc) is 2.76. The average molecular weight is 327 g/mol. The molecule has 0 spiro atoms. The molecule has 0 saturated heterocycles. The number of nitrogens with zero attached hydrogens (tertiary/aromatic N) is 3. The van der Waals surface area contributed by atoms with Gasteiger partial charge in [0.1, 0.15) is 5.75 Å². The SMILES string of the molecule is CC(C)(C)c1nnc(SCCOc2cccc(Cl)c2)n1N. The fourth-order valence-electron chi connectivity index (χ4n) is 1.74. The van der Waals surface area contributed by atoms with E-state index in [-0.39, 0.29) is 5.41 Å². The molecule has 0 atom stereocenters. The van der Waals surface area contributed by atoms with Gasteiger partial charge in [-0.25, -0.2) is 4.68 Å². The van der Waals surface area contributed by atoms with Crippen molar-refractivity contribution in [3.8, 4) is 5.75 Å². The number of hydrogen-bond donors (Lipinski definition) is 1.